The van der Waals surface area contributed by atoms with Gasteiger partial charge in [0.2, 0.25) is 0 Å². The van der Waals surface area contributed by atoms with E-state index in [0.29, 0.717) is 5.69 Å². The second kappa shape index (κ2) is 7.64. The van der Waals surface area contributed by atoms with E-state index in [1.165, 1.54) is 24.3 Å². The topological polar surface area (TPSA) is 76.4 Å². The fourth-order valence-electron chi connectivity index (χ4n) is 1.91. The minimum absolute atomic E-state index is 0.0480. The highest BCUT2D eigenvalue weighted by atomic mass is 32.1. The lowest BCUT2D eigenvalue weighted by atomic mass is 10.2. The lowest BCUT2D eigenvalue weighted by Gasteiger charge is -2.15. The molecule has 0 spiro atoms. The van der Waals surface area contributed by atoms with Gasteiger partial charge in [0, 0.05) is 17.8 Å². The van der Waals surface area contributed by atoms with Crippen LogP contribution in [0.4, 0.5) is 25.8 Å². The van der Waals surface area contributed by atoms with E-state index in [9.17, 15) is 18.9 Å². The van der Waals surface area contributed by atoms with E-state index < -0.39 is 11.5 Å². The molecule has 0 unspecified atom stereocenters. The van der Waals surface area contributed by atoms with Crippen LogP contribution in [0.25, 0.3) is 0 Å². The van der Waals surface area contributed by atoms with Gasteiger partial charge in [-0.05, 0) is 42.9 Å². The van der Waals surface area contributed by atoms with Crippen molar-refractivity contribution in [1.82, 2.24) is 0 Å². The van der Waals surface area contributed by atoms with E-state index in [1.54, 1.807) is 25.1 Å². The summed E-state index contributed by atoms with van der Waals surface area (Å²) in [4.78, 5) is 10.2. The zero-order chi connectivity index (χ0) is 17.7. The van der Waals surface area contributed by atoms with Gasteiger partial charge >= 0.3 is 6.61 Å². The van der Waals surface area contributed by atoms with E-state index in [2.05, 4.69) is 15.4 Å². The highest BCUT2D eigenvalue weighted by molar-refractivity contribution is 7.80. The first-order valence-electron chi connectivity index (χ1n) is 6.73. The van der Waals surface area contributed by atoms with Gasteiger partial charge in [-0.1, -0.05) is 12.1 Å². The molecule has 0 amide bonds. The molecular formula is C15H13F2N3O3S. The summed E-state index contributed by atoms with van der Waals surface area (Å²) in [6.45, 7) is -1.23. The Morgan fingerprint density at radius 3 is 2.67 bits per heavy atom. The molecule has 0 aliphatic carbocycles. The van der Waals surface area contributed by atoms with Crippen molar-refractivity contribution in [1.29, 1.82) is 0 Å². The van der Waals surface area contributed by atoms with E-state index in [-0.39, 0.29) is 22.2 Å². The smallest absolute Gasteiger partial charge is 0.387 e. The molecule has 0 aliphatic rings. The monoisotopic (exact) mass is 353 g/mol. The van der Waals surface area contributed by atoms with Gasteiger partial charge in [-0.15, -0.1) is 0 Å². The van der Waals surface area contributed by atoms with Crippen molar-refractivity contribution in [2.75, 3.05) is 10.6 Å². The molecule has 0 atom stereocenters. The van der Waals surface area contributed by atoms with E-state index in [4.69, 9.17) is 12.2 Å². The van der Waals surface area contributed by atoms with Crippen LogP contribution in [0.15, 0.2) is 42.5 Å². The number of rotatable bonds is 5. The van der Waals surface area contributed by atoms with Crippen LogP contribution in [0.2, 0.25) is 0 Å². The standard InChI is InChI=1S/C15H13F2N3O3S/c1-9-5-6-12(13(7-9)23-14(16)17)19-15(24)18-10-3-2-4-11(8-10)20(21)22/h2-8,14H,1H3,(H2,18,19,24). The van der Waals surface area contributed by atoms with Crippen LogP contribution in [-0.4, -0.2) is 16.6 Å². The van der Waals surface area contributed by atoms with Crippen molar-refractivity contribution in [3.05, 3.63) is 58.1 Å². The molecule has 6 nitrogen and oxygen atoms in total. The summed E-state index contributed by atoms with van der Waals surface area (Å²) in [7, 11) is 0. The van der Waals surface area contributed by atoms with Gasteiger partial charge < -0.3 is 15.4 Å². The molecule has 2 aromatic carbocycles. The zero-order valence-corrected chi connectivity index (χ0v) is 13.3. The third-order valence-electron chi connectivity index (χ3n) is 2.92. The quantitative estimate of drug-likeness (QED) is 0.474. The number of anilines is 2. The van der Waals surface area contributed by atoms with Crippen LogP contribution in [0.1, 0.15) is 5.56 Å². The Morgan fingerprint density at radius 2 is 2.00 bits per heavy atom. The van der Waals surface area contributed by atoms with E-state index in [0.717, 1.165) is 5.56 Å². The Labute approximate surface area is 141 Å². The first-order chi connectivity index (χ1) is 11.3. The molecule has 2 aromatic rings. The SMILES string of the molecule is Cc1ccc(NC(=S)Nc2cccc([N+](=O)[O-])c2)c(OC(F)F)c1. The summed E-state index contributed by atoms with van der Waals surface area (Å²) in [5.74, 6) is -0.0480. The summed E-state index contributed by atoms with van der Waals surface area (Å²) >= 11 is 5.10. The number of nitrogens with one attached hydrogen (secondary N) is 2. The third kappa shape index (κ3) is 4.85. The summed E-state index contributed by atoms with van der Waals surface area (Å²) in [6.07, 6.45) is 0. The maximum atomic E-state index is 12.5. The number of nitrogens with zero attached hydrogens (tertiary/aromatic N) is 1. The zero-order valence-electron chi connectivity index (χ0n) is 12.5. The highest BCUT2D eigenvalue weighted by Crippen LogP contribution is 2.27. The van der Waals surface area contributed by atoms with Gasteiger partial charge in [-0.3, -0.25) is 10.1 Å². The summed E-state index contributed by atoms with van der Waals surface area (Å²) in [6, 6.07) is 10.4. The number of nitro benzene ring substituents is 1. The molecule has 0 fully saturated rings. The average Bonchev–Trinajstić information content (AvgIpc) is 2.49. The number of alkyl halides is 2. The van der Waals surface area contributed by atoms with Crippen LogP contribution < -0.4 is 15.4 Å². The maximum Gasteiger partial charge on any atom is 0.387 e. The first kappa shape index (κ1) is 17.5. The van der Waals surface area contributed by atoms with E-state index >= 15 is 0 Å². The Hall–Kier alpha value is -2.81. The summed E-state index contributed by atoms with van der Waals surface area (Å²) < 4.78 is 29.4. The minimum atomic E-state index is -2.97. The van der Waals surface area contributed by atoms with Crippen molar-refractivity contribution in [2.24, 2.45) is 0 Å². The van der Waals surface area contributed by atoms with Gasteiger partial charge in [0.25, 0.3) is 5.69 Å². The Balaban J connectivity index is 2.12. The van der Waals surface area contributed by atoms with Gasteiger partial charge in [-0.2, -0.15) is 8.78 Å². The van der Waals surface area contributed by atoms with Gasteiger partial charge in [0.05, 0.1) is 10.6 Å². The Morgan fingerprint density at radius 1 is 1.25 bits per heavy atom. The van der Waals surface area contributed by atoms with Crippen LogP contribution in [0, 0.1) is 17.0 Å². The van der Waals surface area contributed by atoms with Gasteiger partial charge in [0.1, 0.15) is 5.75 Å². The first-order valence-corrected chi connectivity index (χ1v) is 7.14. The lowest BCUT2D eigenvalue weighted by Crippen LogP contribution is -2.20. The van der Waals surface area contributed by atoms with Crippen LogP contribution in [-0.2, 0) is 0 Å². The third-order valence-corrected chi connectivity index (χ3v) is 3.12. The predicted molar refractivity (Wildman–Crippen MR) is 90.8 cm³/mol. The molecule has 9 heteroatoms. The van der Waals surface area contributed by atoms with Crippen molar-refractivity contribution >= 4 is 34.4 Å². The maximum absolute atomic E-state index is 12.5. The number of thiocarbonyl (C=S) groups is 1. The number of hydrogen-bond acceptors (Lipinski definition) is 4. The molecule has 0 saturated heterocycles. The molecule has 2 rings (SSSR count). The fourth-order valence-corrected chi connectivity index (χ4v) is 2.14. The summed E-state index contributed by atoms with van der Waals surface area (Å²) in [5.41, 5.74) is 1.29. The molecule has 2 N–H and O–H groups in total. The number of aryl methyl sites for hydroxylation is 1. The molecule has 0 heterocycles. The van der Waals surface area contributed by atoms with Crippen LogP contribution in [0.3, 0.4) is 0 Å². The van der Waals surface area contributed by atoms with Crippen molar-refractivity contribution < 1.29 is 18.4 Å². The van der Waals surface area contributed by atoms with Gasteiger partial charge in [-0.25, -0.2) is 0 Å². The normalized spacial score (nSPS) is 10.3. The second-order valence-corrected chi connectivity index (χ2v) is 5.17. The molecule has 0 aliphatic heterocycles. The molecule has 24 heavy (non-hydrogen) atoms. The van der Waals surface area contributed by atoms with Gasteiger partial charge in [0.15, 0.2) is 5.11 Å². The highest BCUT2D eigenvalue weighted by Gasteiger charge is 2.12. The Bertz CT molecular complexity index is 771. The number of nitro groups is 1. The average molecular weight is 353 g/mol. The number of non-ortho nitro benzene ring substituents is 1. The summed E-state index contributed by atoms with van der Waals surface area (Å²) in [5, 5.41) is 16.3. The molecule has 126 valence electrons. The largest absolute Gasteiger partial charge is 0.433 e. The predicted octanol–water partition coefficient (Wildman–Crippen LogP) is 4.31. The molecule has 0 saturated carbocycles. The molecule has 0 bridgehead atoms. The number of hydrogen-bond donors (Lipinski definition) is 2. The molecule has 0 radical (unpaired) electrons. The number of halogens is 2. The molecular weight excluding hydrogens is 340 g/mol. The number of ether oxygens (including phenoxy) is 1. The Kier molecular flexibility index (Phi) is 5.59. The fraction of sp³-hybridized carbons (Fsp3) is 0.133. The van der Waals surface area contributed by atoms with Crippen LogP contribution >= 0.6 is 12.2 Å². The van der Waals surface area contributed by atoms with Crippen molar-refractivity contribution in [3.63, 3.8) is 0 Å². The van der Waals surface area contributed by atoms with E-state index in [1.807, 2.05) is 0 Å². The molecule has 0 aromatic heterocycles. The van der Waals surface area contributed by atoms with Crippen LogP contribution in [0.5, 0.6) is 5.75 Å². The van der Waals surface area contributed by atoms with Crippen molar-refractivity contribution in [2.45, 2.75) is 13.5 Å². The van der Waals surface area contributed by atoms with Crippen molar-refractivity contribution in [3.8, 4) is 5.75 Å². The lowest BCUT2D eigenvalue weighted by molar-refractivity contribution is -0.384. The minimum Gasteiger partial charge on any atom is -0.433 e. The number of benzene rings is 2. The second-order valence-electron chi connectivity index (χ2n) is 4.76.